The van der Waals surface area contributed by atoms with E-state index in [9.17, 15) is 4.79 Å². The van der Waals surface area contributed by atoms with Crippen LogP contribution < -0.4 is 5.49 Å². The van der Waals surface area contributed by atoms with Gasteiger partial charge in [-0.1, -0.05) is 35.9 Å². The first-order valence-corrected chi connectivity index (χ1v) is 8.88. The van der Waals surface area contributed by atoms with Crippen molar-refractivity contribution in [2.45, 2.75) is 19.9 Å². The Kier molecular flexibility index (Phi) is 4.66. The van der Waals surface area contributed by atoms with E-state index in [0.717, 1.165) is 16.6 Å². The molecule has 0 aliphatic carbocycles. The number of rotatable bonds is 4. The number of fused-ring (bicyclic) bond motifs is 1. The zero-order valence-corrected chi connectivity index (χ0v) is 15.1. The zero-order chi connectivity index (χ0) is 18.6. The molecule has 0 saturated carbocycles. The van der Waals surface area contributed by atoms with E-state index in [-0.39, 0.29) is 12.3 Å². The fourth-order valence-corrected chi connectivity index (χ4v) is 3.08. The van der Waals surface area contributed by atoms with Crippen LogP contribution in [0.1, 0.15) is 16.7 Å². The molecule has 27 heavy (non-hydrogen) atoms. The van der Waals surface area contributed by atoms with Crippen molar-refractivity contribution < 1.29 is 4.79 Å². The number of nitrogens with one attached hydrogen (secondary N) is 1. The zero-order valence-electron chi connectivity index (χ0n) is 15.1. The highest BCUT2D eigenvalue weighted by molar-refractivity contribution is 5.87. The molecule has 0 fully saturated rings. The number of H-pyrrole nitrogens is 1. The first-order valence-electron chi connectivity index (χ1n) is 8.88. The van der Waals surface area contributed by atoms with E-state index in [1.54, 1.807) is 6.20 Å². The van der Waals surface area contributed by atoms with Gasteiger partial charge in [-0.25, -0.2) is 4.98 Å². The number of aromatic amines is 1. The van der Waals surface area contributed by atoms with Crippen LogP contribution in [0.4, 0.5) is 0 Å². The van der Waals surface area contributed by atoms with Gasteiger partial charge < -0.3 is 9.55 Å². The van der Waals surface area contributed by atoms with Gasteiger partial charge in [0.1, 0.15) is 11.1 Å². The van der Waals surface area contributed by atoms with Crippen LogP contribution >= 0.6 is 0 Å². The molecule has 134 valence electrons. The molecule has 0 aliphatic rings. The van der Waals surface area contributed by atoms with Crippen LogP contribution in [0.2, 0.25) is 0 Å². The van der Waals surface area contributed by atoms with Crippen LogP contribution in [-0.2, 0) is 17.8 Å². The summed E-state index contributed by atoms with van der Waals surface area (Å²) < 4.78 is 1.99. The summed E-state index contributed by atoms with van der Waals surface area (Å²) in [6, 6.07) is 17.9. The highest BCUT2D eigenvalue weighted by Crippen LogP contribution is 2.16. The standard InChI is InChI=1S/C22H20N4O/c1-16-7-9-17(10-8-16)15-26-12-3-2-6-20(26)25-21(27)13-18-14-24-22-19(18)5-4-11-23-22/h2-12,14H,13,15H2,1H3,(H,23,24). The number of carbonyl (C=O) groups excluding carboxylic acids is 1. The molecule has 1 amide bonds. The Hall–Kier alpha value is -3.47. The van der Waals surface area contributed by atoms with Crippen LogP contribution in [0.5, 0.6) is 0 Å². The minimum absolute atomic E-state index is 0.177. The quantitative estimate of drug-likeness (QED) is 0.609. The van der Waals surface area contributed by atoms with E-state index in [2.05, 4.69) is 46.1 Å². The number of aromatic nitrogens is 3. The summed E-state index contributed by atoms with van der Waals surface area (Å²) >= 11 is 0. The van der Waals surface area contributed by atoms with Gasteiger partial charge in [0, 0.05) is 30.5 Å². The molecule has 1 N–H and O–H groups in total. The fraction of sp³-hybridized carbons (Fsp3) is 0.136. The number of pyridine rings is 2. The first kappa shape index (κ1) is 17.0. The molecule has 4 aromatic rings. The lowest BCUT2D eigenvalue weighted by atomic mass is 10.1. The van der Waals surface area contributed by atoms with E-state index in [1.165, 1.54) is 11.1 Å². The Labute approximate surface area is 157 Å². The molecule has 4 rings (SSSR count). The molecule has 0 atom stereocenters. The number of amides is 1. The highest BCUT2D eigenvalue weighted by atomic mass is 16.1. The normalized spacial score (nSPS) is 11.8. The van der Waals surface area contributed by atoms with Crippen molar-refractivity contribution in [3.8, 4) is 0 Å². The molecule has 5 nitrogen and oxygen atoms in total. The van der Waals surface area contributed by atoms with Gasteiger partial charge >= 0.3 is 0 Å². The highest BCUT2D eigenvalue weighted by Gasteiger charge is 2.08. The molecule has 5 heteroatoms. The largest absolute Gasteiger partial charge is 0.346 e. The number of nitrogens with zero attached hydrogens (tertiary/aromatic N) is 3. The molecule has 0 aliphatic heterocycles. The Morgan fingerprint density at radius 3 is 2.81 bits per heavy atom. The molecular formula is C22H20N4O. The van der Waals surface area contributed by atoms with Gasteiger partial charge in [-0.2, -0.15) is 4.99 Å². The van der Waals surface area contributed by atoms with Crippen LogP contribution in [0.15, 0.2) is 78.2 Å². The third-order valence-corrected chi connectivity index (χ3v) is 4.51. The number of carbonyl (C=O) groups is 1. The summed E-state index contributed by atoms with van der Waals surface area (Å²) in [7, 11) is 0. The summed E-state index contributed by atoms with van der Waals surface area (Å²) in [6.07, 6.45) is 5.75. The third-order valence-electron chi connectivity index (χ3n) is 4.51. The lowest BCUT2D eigenvalue weighted by Crippen LogP contribution is -2.22. The van der Waals surface area contributed by atoms with Crippen LogP contribution in [0.25, 0.3) is 11.0 Å². The Morgan fingerprint density at radius 1 is 1.11 bits per heavy atom. The van der Waals surface area contributed by atoms with Crippen molar-refractivity contribution in [2.75, 3.05) is 0 Å². The van der Waals surface area contributed by atoms with E-state index in [4.69, 9.17) is 0 Å². The van der Waals surface area contributed by atoms with Crippen molar-refractivity contribution in [3.05, 3.63) is 95.4 Å². The lowest BCUT2D eigenvalue weighted by Gasteiger charge is -2.07. The summed E-state index contributed by atoms with van der Waals surface area (Å²) in [4.78, 5) is 24.3. The molecule has 0 spiro atoms. The number of hydrogen-bond donors (Lipinski definition) is 1. The van der Waals surface area contributed by atoms with Gasteiger partial charge in [-0.3, -0.25) is 4.79 Å². The van der Waals surface area contributed by atoms with Gasteiger partial charge in [-0.15, -0.1) is 0 Å². The van der Waals surface area contributed by atoms with Crippen molar-refractivity contribution in [3.63, 3.8) is 0 Å². The molecule has 0 radical (unpaired) electrons. The molecule has 3 heterocycles. The lowest BCUT2D eigenvalue weighted by molar-refractivity contribution is -0.117. The van der Waals surface area contributed by atoms with E-state index < -0.39 is 0 Å². The SMILES string of the molecule is Cc1ccc(Cn2ccccc2=NC(=O)Cc2c[nH]c3ncccc23)cc1. The van der Waals surface area contributed by atoms with E-state index in [0.29, 0.717) is 12.0 Å². The van der Waals surface area contributed by atoms with Crippen LogP contribution in [0.3, 0.4) is 0 Å². The van der Waals surface area contributed by atoms with E-state index in [1.807, 2.05) is 47.3 Å². The summed E-state index contributed by atoms with van der Waals surface area (Å²) in [5, 5.41) is 0.960. The Bertz CT molecular complexity index is 1150. The Morgan fingerprint density at radius 2 is 1.96 bits per heavy atom. The number of aryl methyl sites for hydroxylation is 1. The van der Waals surface area contributed by atoms with Crippen molar-refractivity contribution in [2.24, 2.45) is 4.99 Å². The van der Waals surface area contributed by atoms with E-state index >= 15 is 0 Å². The third kappa shape index (κ3) is 3.87. The molecule has 0 saturated heterocycles. The minimum atomic E-state index is -0.177. The van der Waals surface area contributed by atoms with Gasteiger partial charge in [0.05, 0.1) is 6.42 Å². The van der Waals surface area contributed by atoms with Gasteiger partial charge in [0.25, 0.3) is 5.91 Å². The number of benzene rings is 1. The summed E-state index contributed by atoms with van der Waals surface area (Å²) in [6.45, 7) is 2.74. The second-order valence-corrected chi connectivity index (χ2v) is 6.57. The summed E-state index contributed by atoms with van der Waals surface area (Å²) in [5.41, 5.74) is 4.75. The van der Waals surface area contributed by atoms with Gasteiger partial charge in [0.2, 0.25) is 0 Å². The van der Waals surface area contributed by atoms with Crippen molar-refractivity contribution in [1.29, 1.82) is 0 Å². The monoisotopic (exact) mass is 356 g/mol. The van der Waals surface area contributed by atoms with Crippen LogP contribution in [0, 0.1) is 6.92 Å². The van der Waals surface area contributed by atoms with Gasteiger partial charge in [-0.05, 0) is 42.3 Å². The van der Waals surface area contributed by atoms with Crippen molar-refractivity contribution in [1.82, 2.24) is 14.5 Å². The maximum atomic E-state index is 12.6. The topological polar surface area (TPSA) is 63.0 Å². The van der Waals surface area contributed by atoms with Crippen molar-refractivity contribution >= 4 is 16.9 Å². The maximum Gasteiger partial charge on any atom is 0.252 e. The Balaban J connectivity index is 1.60. The second kappa shape index (κ2) is 7.41. The summed E-state index contributed by atoms with van der Waals surface area (Å²) in [5.74, 6) is -0.177. The fourth-order valence-electron chi connectivity index (χ4n) is 3.08. The molecule has 0 unspecified atom stereocenters. The second-order valence-electron chi connectivity index (χ2n) is 6.57. The predicted octanol–water partition coefficient (Wildman–Crippen LogP) is 3.39. The average Bonchev–Trinajstić information content (AvgIpc) is 3.08. The van der Waals surface area contributed by atoms with Crippen LogP contribution in [-0.4, -0.2) is 20.4 Å². The first-order chi connectivity index (χ1) is 13.2. The molecule has 3 aromatic heterocycles. The molecular weight excluding hydrogens is 336 g/mol. The predicted molar refractivity (Wildman–Crippen MR) is 105 cm³/mol. The maximum absolute atomic E-state index is 12.6. The minimum Gasteiger partial charge on any atom is -0.346 e. The smallest absolute Gasteiger partial charge is 0.252 e. The number of hydrogen-bond acceptors (Lipinski definition) is 2. The molecule has 0 bridgehead atoms. The molecule has 1 aromatic carbocycles. The average molecular weight is 356 g/mol. The van der Waals surface area contributed by atoms with Gasteiger partial charge in [0.15, 0.2) is 0 Å².